The van der Waals surface area contributed by atoms with Crippen LogP contribution in [0.1, 0.15) is 51.5 Å². The second-order valence-electron chi connectivity index (χ2n) is 6.96. The first-order valence-corrected chi connectivity index (χ1v) is 7.54. The van der Waals surface area contributed by atoms with Crippen molar-refractivity contribution in [2.75, 3.05) is 0 Å². The number of hydrogen-bond donors (Lipinski definition) is 2. The number of halogens is 1. The van der Waals surface area contributed by atoms with Crippen LogP contribution in [0.5, 0.6) is 0 Å². The van der Waals surface area contributed by atoms with Crippen molar-refractivity contribution in [2.45, 2.75) is 45.9 Å². The summed E-state index contributed by atoms with van der Waals surface area (Å²) in [6.07, 6.45) is 2.10. The van der Waals surface area contributed by atoms with Gasteiger partial charge in [0, 0.05) is 0 Å². The van der Waals surface area contributed by atoms with E-state index in [1.165, 1.54) is 0 Å². The Bertz CT molecular complexity index is 636. The van der Waals surface area contributed by atoms with Crippen molar-refractivity contribution < 1.29 is 0 Å². The molecule has 1 heterocycles. The van der Waals surface area contributed by atoms with Gasteiger partial charge < -0.3 is 9.97 Å². The van der Waals surface area contributed by atoms with E-state index < -0.39 is 0 Å². The van der Waals surface area contributed by atoms with E-state index in [0.717, 1.165) is 29.4 Å². The van der Waals surface area contributed by atoms with Crippen LogP contribution in [0.3, 0.4) is 0 Å². The van der Waals surface area contributed by atoms with Crippen LogP contribution in [-0.4, -0.2) is 9.97 Å². The Morgan fingerprint density at radius 1 is 1.20 bits per heavy atom. The quantitative estimate of drug-likeness (QED) is 0.796. The fourth-order valence-corrected chi connectivity index (χ4v) is 3.30. The van der Waals surface area contributed by atoms with Crippen molar-refractivity contribution in [3.05, 3.63) is 34.2 Å². The molecule has 0 fully saturated rings. The Labute approximate surface area is 124 Å². The van der Waals surface area contributed by atoms with E-state index in [4.69, 9.17) is 11.6 Å². The predicted octanol–water partition coefficient (Wildman–Crippen LogP) is 4.60. The van der Waals surface area contributed by atoms with Gasteiger partial charge in [0.05, 0.1) is 16.4 Å². The zero-order chi connectivity index (χ0) is 14.9. The van der Waals surface area contributed by atoms with E-state index in [-0.39, 0.29) is 11.1 Å². The summed E-state index contributed by atoms with van der Waals surface area (Å²) in [7, 11) is 0. The van der Waals surface area contributed by atoms with E-state index >= 15 is 0 Å². The van der Waals surface area contributed by atoms with Crippen LogP contribution in [0.2, 0.25) is 0 Å². The molecule has 0 aliphatic heterocycles. The molecule has 0 amide bonds. The zero-order valence-electron chi connectivity index (χ0n) is 12.6. The summed E-state index contributed by atoms with van der Waals surface area (Å²) in [5, 5.41) is -0.0184. The fourth-order valence-electron chi connectivity index (χ4n) is 2.86. The Morgan fingerprint density at radius 3 is 2.50 bits per heavy atom. The summed E-state index contributed by atoms with van der Waals surface area (Å²) in [6.45, 7) is 9.01. The zero-order valence-corrected chi connectivity index (χ0v) is 13.3. The largest absolute Gasteiger partial charge is 0.323 e. The van der Waals surface area contributed by atoms with Crippen LogP contribution in [0.4, 0.5) is 0 Å². The first kappa shape index (κ1) is 15.2. The number of hydrogen-bond acceptors (Lipinski definition) is 1. The standard InChI is InChI=1S/C16H23ClN2O/c1-10(9-16(2,3)4)7-12(17)11-5-6-13-14(8-11)19-15(20)18-13/h5-6,8,10,12H,7,9H2,1-4H3,(H2,18,19,20). The molecule has 1 aromatic carbocycles. The molecule has 2 aromatic rings. The molecule has 2 N–H and O–H groups in total. The minimum Gasteiger partial charge on any atom is -0.306 e. The summed E-state index contributed by atoms with van der Waals surface area (Å²) >= 11 is 6.53. The SMILES string of the molecule is CC(CC(Cl)c1ccc2[nH]c(=O)[nH]c2c1)CC(C)(C)C. The highest BCUT2D eigenvalue weighted by Crippen LogP contribution is 2.34. The molecule has 2 unspecified atom stereocenters. The normalized spacial score (nSPS) is 15.4. The predicted molar refractivity (Wildman–Crippen MR) is 85.4 cm³/mol. The number of benzene rings is 1. The molecule has 0 spiro atoms. The molecule has 110 valence electrons. The van der Waals surface area contributed by atoms with Gasteiger partial charge in [-0.15, -0.1) is 11.6 Å². The smallest absolute Gasteiger partial charge is 0.306 e. The second-order valence-corrected chi connectivity index (χ2v) is 7.48. The summed E-state index contributed by atoms with van der Waals surface area (Å²) in [4.78, 5) is 16.8. The van der Waals surface area contributed by atoms with Gasteiger partial charge in [-0.1, -0.05) is 33.8 Å². The molecular weight excluding hydrogens is 272 g/mol. The van der Waals surface area contributed by atoms with Gasteiger partial charge in [-0.05, 0) is 41.9 Å². The van der Waals surface area contributed by atoms with E-state index in [2.05, 4.69) is 37.7 Å². The maximum atomic E-state index is 11.3. The van der Waals surface area contributed by atoms with Crippen molar-refractivity contribution in [3.63, 3.8) is 0 Å². The van der Waals surface area contributed by atoms with Gasteiger partial charge in [-0.25, -0.2) is 4.79 Å². The molecule has 0 saturated heterocycles. The lowest BCUT2D eigenvalue weighted by molar-refractivity contribution is 0.295. The van der Waals surface area contributed by atoms with Gasteiger partial charge in [0.25, 0.3) is 0 Å². The average Bonchev–Trinajstić information content (AvgIpc) is 2.64. The molecule has 1 aromatic heterocycles. The summed E-state index contributed by atoms with van der Waals surface area (Å²) < 4.78 is 0. The van der Waals surface area contributed by atoms with Crippen molar-refractivity contribution in [1.82, 2.24) is 9.97 Å². The first-order chi connectivity index (χ1) is 9.24. The van der Waals surface area contributed by atoms with Gasteiger partial charge >= 0.3 is 5.69 Å². The fraction of sp³-hybridized carbons (Fsp3) is 0.562. The lowest BCUT2D eigenvalue weighted by Crippen LogP contribution is -2.12. The Kier molecular flexibility index (Phi) is 4.28. The number of aromatic amines is 2. The molecule has 0 radical (unpaired) electrons. The van der Waals surface area contributed by atoms with Gasteiger partial charge in [0.2, 0.25) is 0 Å². The Balaban J connectivity index is 2.10. The number of imidazole rings is 1. The van der Waals surface area contributed by atoms with Crippen LogP contribution >= 0.6 is 11.6 Å². The highest BCUT2D eigenvalue weighted by molar-refractivity contribution is 6.20. The molecule has 4 heteroatoms. The average molecular weight is 295 g/mol. The number of rotatable bonds is 4. The van der Waals surface area contributed by atoms with Crippen LogP contribution in [0.15, 0.2) is 23.0 Å². The third kappa shape index (κ3) is 3.89. The lowest BCUT2D eigenvalue weighted by Gasteiger charge is -2.24. The van der Waals surface area contributed by atoms with Crippen molar-refractivity contribution in [1.29, 1.82) is 0 Å². The molecule has 0 saturated carbocycles. The minimum atomic E-state index is -0.177. The number of aromatic nitrogens is 2. The van der Waals surface area contributed by atoms with Crippen LogP contribution in [0, 0.1) is 11.3 Å². The molecule has 0 aliphatic carbocycles. The molecule has 20 heavy (non-hydrogen) atoms. The molecule has 3 nitrogen and oxygen atoms in total. The van der Waals surface area contributed by atoms with E-state index in [9.17, 15) is 4.79 Å². The molecular formula is C16H23ClN2O. The third-order valence-electron chi connectivity index (χ3n) is 3.47. The van der Waals surface area contributed by atoms with Crippen LogP contribution < -0.4 is 5.69 Å². The van der Waals surface area contributed by atoms with E-state index in [1.54, 1.807) is 0 Å². The molecule has 0 aliphatic rings. The topological polar surface area (TPSA) is 48.6 Å². The van der Waals surface area contributed by atoms with Crippen molar-refractivity contribution in [2.24, 2.45) is 11.3 Å². The van der Waals surface area contributed by atoms with E-state index in [0.29, 0.717) is 11.3 Å². The Morgan fingerprint density at radius 2 is 1.85 bits per heavy atom. The van der Waals surface area contributed by atoms with Crippen molar-refractivity contribution in [3.8, 4) is 0 Å². The monoisotopic (exact) mass is 294 g/mol. The summed E-state index contributed by atoms with van der Waals surface area (Å²) in [6, 6.07) is 5.87. The number of fused-ring (bicyclic) bond motifs is 1. The second kappa shape index (κ2) is 5.65. The van der Waals surface area contributed by atoms with Gasteiger partial charge in [-0.3, -0.25) is 0 Å². The van der Waals surface area contributed by atoms with Gasteiger partial charge in [0.15, 0.2) is 0 Å². The summed E-state index contributed by atoms with van der Waals surface area (Å²) in [5.41, 5.74) is 2.86. The summed E-state index contributed by atoms with van der Waals surface area (Å²) in [5.74, 6) is 0.568. The maximum Gasteiger partial charge on any atom is 0.323 e. The minimum absolute atomic E-state index is 0.0184. The van der Waals surface area contributed by atoms with Gasteiger partial charge in [0.1, 0.15) is 0 Å². The molecule has 2 atom stereocenters. The first-order valence-electron chi connectivity index (χ1n) is 7.10. The highest BCUT2D eigenvalue weighted by atomic mass is 35.5. The number of nitrogens with one attached hydrogen (secondary N) is 2. The van der Waals surface area contributed by atoms with Crippen LogP contribution in [-0.2, 0) is 0 Å². The Hall–Kier alpha value is -1.22. The lowest BCUT2D eigenvalue weighted by atomic mass is 9.83. The van der Waals surface area contributed by atoms with Crippen molar-refractivity contribution >= 4 is 22.6 Å². The molecule has 2 rings (SSSR count). The number of H-pyrrole nitrogens is 2. The highest BCUT2D eigenvalue weighted by Gasteiger charge is 2.19. The maximum absolute atomic E-state index is 11.3. The number of alkyl halides is 1. The molecule has 0 bridgehead atoms. The van der Waals surface area contributed by atoms with Gasteiger partial charge in [-0.2, -0.15) is 0 Å². The van der Waals surface area contributed by atoms with Crippen LogP contribution in [0.25, 0.3) is 11.0 Å². The van der Waals surface area contributed by atoms with E-state index in [1.807, 2.05) is 18.2 Å². The third-order valence-corrected chi connectivity index (χ3v) is 3.90.